The zero-order valence-electron chi connectivity index (χ0n) is 15.3. The fourth-order valence-corrected chi connectivity index (χ4v) is 3.04. The number of unbranched alkanes of at least 4 members (excludes halogenated alkanes) is 1. The first-order valence-electron chi connectivity index (χ1n) is 8.87. The summed E-state index contributed by atoms with van der Waals surface area (Å²) in [5.74, 6) is -0.329. The predicted octanol–water partition coefficient (Wildman–Crippen LogP) is 5.13. The van der Waals surface area contributed by atoms with Gasteiger partial charge in [-0.2, -0.15) is 0 Å². The Balaban J connectivity index is 1.95. The van der Waals surface area contributed by atoms with Gasteiger partial charge in [0.15, 0.2) is 11.7 Å². The van der Waals surface area contributed by atoms with E-state index in [2.05, 4.69) is 5.16 Å². The van der Waals surface area contributed by atoms with E-state index in [1.54, 1.807) is 0 Å². The lowest BCUT2D eigenvalue weighted by molar-refractivity contribution is -0.145. The van der Waals surface area contributed by atoms with Crippen LogP contribution in [0.25, 0.3) is 22.2 Å². The highest BCUT2D eigenvalue weighted by Crippen LogP contribution is 2.35. The first kappa shape index (κ1) is 18.0. The van der Waals surface area contributed by atoms with Crippen LogP contribution in [0.4, 0.5) is 0 Å². The Kier molecular flexibility index (Phi) is 5.26. The molecule has 5 nitrogen and oxygen atoms in total. The number of hydrogen-bond donors (Lipinski definition) is 1. The van der Waals surface area contributed by atoms with Crippen molar-refractivity contribution in [3.63, 3.8) is 0 Å². The second kappa shape index (κ2) is 7.60. The Morgan fingerprint density at radius 2 is 1.96 bits per heavy atom. The number of aromatic nitrogens is 1. The van der Waals surface area contributed by atoms with Crippen LogP contribution in [-0.4, -0.2) is 22.3 Å². The maximum Gasteiger partial charge on any atom is 0.344 e. The van der Waals surface area contributed by atoms with E-state index >= 15 is 0 Å². The summed E-state index contributed by atoms with van der Waals surface area (Å²) < 4.78 is 11.2. The van der Waals surface area contributed by atoms with Crippen molar-refractivity contribution >= 4 is 16.9 Å². The van der Waals surface area contributed by atoms with E-state index in [1.165, 1.54) is 0 Å². The molecule has 2 aromatic carbocycles. The quantitative estimate of drug-likeness (QED) is 0.637. The number of carbonyl (C=O) groups is 1. The molecule has 26 heavy (non-hydrogen) atoms. The van der Waals surface area contributed by atoms with Crippen LogP contribution in [0.15, 0.2) is 40.9 Å². The molecular formula is C21H23NO4. The molecule has 1 atom stereocenters. The van der Waals surface area contributed by atoms with Gasteiger partial charge in [-0.3, -0.25) is 0 Å². The first-order chi connectivity index (χ1) is 12.5. The smallest absolute Gasteiger partial charge is 0.344 e. The standard InChI is InChI=1S/C21H23NO4/c1-4-5-9-19(21(23)24)25-17-12-11-15(13(2)14(17)3)20-16-8-6-7-10-18(16)26-22-20/h6-8,10-12,19H,4-5,9H2,1-3H3,(H,23,24). The second-order valence-corrected chi connectivity index (χ2v) is 6.48. The summed E-state index contributed by atoms with van der Waals surface area (Å²) in [7, 11) is 0. The molecule has 0 spiro atoms. The van der Waals surface area contributed by atoms with Gasteiger partial charge in [0.25, 0.3) is 0 Å². The molecule has 0 aliphatic carbocycles. The zero-order chi connectivity index (χ0) is 18.7. The van der Waals surface area contributed by atoms with Gasteiger partial charge in [-0.05, 0) is 62.1 Å². The number of carboxylic acid groups (broad SMARTS) is 1. The third kappa shape index (κ3) is 3.43. The second-order valence-electron chi connectivity index (χ2n) is 6.48. The number of para-hydroxylation sites is 1. The fourth-order valence-electron chi connectivity index (χ4n) is 3.04. The van der Waals surface area contributed by atoms with Crippen LogP contribution in [0, 0.1) is 13.8 Å². The summed E-state index contributed by atoms with van der Waals surface area (Å²) in [5, 5.41) is 14.6. The molecule has 0 aliphatic heterocycles. The lowest BCUT2D eigenvalue weighted by Gasteiger charge is -2.18. The molecule has 5 heteroatoms. The number of fused-ring (bicyclic) bond motifs is 1. The lowest BCUT2D eigenvalue weighted by atomic mass is 9.98. The van der Waals surface area contributed by atoms with Crippen molar-refractivity contribution in [2.75, 3.05) is 0 Å². The highest BCUT2D eigenvalue weighted by atomic mass is 16.5. The summed E-state index contributed by atoms with van der Waals surface area (Å²) in [6.45, 7) is 5.96. The van der Waals surface area contributed by atoms with Crippen LogP contribution in [0.5, 0.6) is 5.75 Å². The number of rotatable bonds is 7. The number of benzene rings is 2. The summed E-state index contributed by atoms with van der Waals surface area (Å²) in [6.07, 6.45) is 1.42. The van der Waals surface area contributed by atoms with E-state index in [4.69, 9.17) is 9.26 Å². The number of ether oxygens (including phenoxy) is 1. The van der Waals surface area contributed by atoms with Gasteiger partial charge >= 0.3 is 5.97 Å². The van der Waals surface area contributed by atoms with Crippen molar-refractivity contribution in [3.05, 3.63) is 47.5 Å². The lowest BCUT2D eigenvalue weighted by Crippen LogP contribution is -2.27. The summed E-state index contributed by atoms with van der Waals surface area (Å²) in [6, 6.07) is 11.5. The molecule has 1 heterocycles. The van der Waals surface area contributed by atoms with Crippen molar-refractivity contribution in [2.24, 2.45) is 0 Å². The van der Waals surface area contributed by atoms with E-state index in [0.717, 1.165) is 46.2 Å². The molecule has 3 rings (SSSR count). The maximum atomic E-state index is 11.5. The first-order valence-corrected chi connectivity index (χ1v) is 8.87. The molecule has 0 saturated carbocycles. The molecule has 1 N–H and O–H groups in total. The van der Waals surface area contributed by atoms with Crippen molar-refractivity contribution in [3.8, 4) is 17.0 Å². The normalized spacial score (nSPS) is 12.3. The minimum atomic E-state index is -0.929. The number of carboxylic acids is 1. The molecule has 136 valence electrons. The summed E-state index contributed by atoms with van der Waals surface area (Å²) in [4.78, 5) is 11.5. The minimum Gasteiger partial charge on any atom is -0.479 e. The molecule has 1 unspecified atom stereocenters. The molecule has 3 aromatic rings. The molecule has 0 fully saturated rings. The fraction of sp³-hybridized carbons (Fsp3) is 0.333. The largest absolute Gasteiger partial charge is 0.479 e. The zero-order valence-corrected chi connectivity index (χ0v) is 15.3. The van der Waals surface area contributed by atoms with Gasteiger partial charge in [-0.1, -0.05) is 30.6 Å². The summed E-state index contributed by atoms with van der Waals surface area (Å²) >= 11 is 0. The number of aliphatic carboxylic acids is 1. The summed E-state index contributed by atoms with van der Waals surface area (Å²) in [5.41, 5.74) is 4.40. The molecule has 0 aliphatic rings. The van der Waals surface area contributed by atoms with E-state index in [-0.39, 0.29) is 0 Å². The Labute approximate surface area is 152 Å². The monoisotopic (exact) mass is 353 g/mol. The van der Waals surface area contributed by atoms with Gasteiger partial charge in [0.2, 0.25) is 0 Å². The van der Waals surface area contributed by atoms with E-state index < -0.39 is 12.1 Å². The van der Waals surface area contributed by atoms with Crippen LogP contribution in [0.1, 0.15) is 37.3 Å². The number of nitrogens with zero attached hydrogens (tertiary/aromatic N) is 1. The van der Waals surface area contributed by atoms with Crippen LogP contribution in [0.2, 0.25) is 0 Å². The Morgan fingerprint density at radius 1 is 1.19 bits per heavy atom. The topological polar surface area (TPSA) is 72.6 Å². The van der Waals surface area contributed by atoms with Gasteiger partial charge in [0.05, 0.1) is 0 Å². The molecule has 0 bridgehead atoms. The van der Waals surface area contributed by atoms with Gasteiger partial charge in [-0.15, -0.1) is 0 Å². The minimum absolute atomic E-state index is 0.500. The van der Waals surface area contributed by atoms with E-state index in [0.29, 0.717) is 12.2 Å². The molecule has 0 radical (unpaired) electrons. The van der Waals surface area contributed by atoms with E-state index in [1.807, 2.05) is 57.2 Å². The highest BCUT2D eigenvalue weighted by Gasteiger charge is 2.21. The van der Waals surface area contributed by atoms with Crippen LogP contribution < -0.4 is 4.74 Å². The maximum absolute atomic E-state index is 11.5. The highest BCUT2D eigenvalue weighted by molar-refractivity contribution is 5.92. The van der Waals surface area contributed by atoms with Crippen molar-refractivity contribution < 1.29 is 19.2 Å². The Bertz CT molecular complexity index is 929. The third-order valence-corrected chi connectivity index (χ3v) is 4.73. The average molecular weight is 353 g/mol. The Hall–Kier alpha value is -2.82. The molecule has 0 saturated heterocycles. The van der Waals surface area contributed by atoms with Crippen molar-refractivity contribution in [1.82, 2.24) is 5.16 Å². The van der Waals surface area contributed by atoms with Gasteiger partial charge in [0, 0.05) is 10.9 Å². The molecular weight excluding hydrogens is 330 g/mol. The van der Waals surface area contributed by atoms with Crippen LogP contribution >= 0.6 is 0 Å². The average Bonchev–Trinajstić information content (AvgIpc) is 3.06. The van der Waals surface area contributed by atoms with Crippen molar-refractivity contribution in [2.45, 2.75) is 46.1 Å². The number of hydrogen-bond acceptors (Lipinski definition) is 4. The Morgan fingerprint density at radius 3 is 2.69 bits per heavy atom. The van der Waals surface area contributed by atoms with E-state index in [9.17, 15) is 9.90 Å². The third-order valence-electron chi connectivity index (χ3n) is 4.73. The SMILES string of the molecule is CCCCC(Oc1ccc(-c2noc3ccccc23)c(C)c1C)C(=O)O. The van der Waals surface area contributed by atoms with Gasteiger partial charge in [-0.25, -0.2) is 4.79 Å². The molecule has 1 aromatic heterocycles. The van der Waals surface area contributed by atoms with Gasteiger partial charge in [0.1, 0.15) is 11.4 Å². The van der Waals surface area contributed by atoms with Crippen LogP contribution in [0.3, 0.4) is 0 Å². The van der Waals surface area contributed by atoms with Crippen LogP contribution in [-0.2, 0) is 4.79 Å². The predicted molar refractivity (Wildman–Crippen MR) is 100 cm³/mol. The van der Waals surface area contributed by atoms with Crippen molar-refractivity contribution in [1.29, 1.82) is 0 Å². The molecule has 0 amide bonds. The van der Waals surface area contributed by atoms with Gasteiger partial charge < -0.3 is 14.4 Å².